The summed E-state index contributed by atoms with van der Waals surface area (Å²) in [7, 11) is 0. The highest BCUT2D eigenvalue weighted by Gasteiger charge is 2.31. The first-order chi connectivity index (χ1) is 13.7. The molecule has 2 saturated carbocycles. The van der Waals surface area contributed by atoms with Gasteiger partial charge in [0.2, 0.25) is 0 Å². The van der Waals surface area contributed by atoms with Crippen LogP contribution in [0.3, 0.4) is 0 Å². The molecule has 1 aromatic heterocycles. The summed E-state index contributed by atoms with van der Waals surface area (Å²) in [5.41, 5.74) is 3.62. The summed E-state index contributed by atoms with van der Waals surface area (Å²) in [5, 5.41) is 0. The van der Waals surface area contributed by atoms with E-state index in [9.17, 15) is 0 Å². The number of benzene rings is 1. The second kappa shape index (κ2) is 10.2. The molecule has 0 amide bonds. The van der Waals surface area contributed by atoms with Crippen LogP contribution in [0.1, 0.15) is 89.4 Å². The van der Waals surface area contributed by atoms with Crippen LogP contribution < -0.4 is 0 Å². The van der Waals surface area contributed by atoms with Crippen molar-refractivity contribution in [1.29, 1.82) is 0 Å². The average molecular weight is 379 g/mol. The van der Waals surface area contributed by atoms with Gasteiger partial charge in [-0.15, -0.1) is 0 Å². The topological polar surface area (TPSA) is 25.8 Å². The van der Waals surface area contributed by atoms with E-state index in [0.717, 1.165) is 29.1 Å². The van der Waals surface area contributed by atoms with Gasteiger partial charge in [0, 0.05) is 23.9 Å². The smallest absolute Gasteiger partial charge is 0.131 e. The molecule has 0 unspecified atom stereocenters. The lowest BCUT2D eigenvalue weighted by Crippen LogP contribution is -2.25. The van der Waals surface area contributed by atoms with Gasteiger partial charge in [-0.05, 0) is 68.8 Å². The quantitative estimate of drug-likeness (QED) is 0.550. The third-order valence-electron chi connectivity index (χ3n) is 6.92. The van der Waals surface area contributed by atoms with Crippen molar-refractivity contribution in [3.63, 3.8) is 0 Å². The number of aromatic nitrogens is 2. The molecule has 2 aromatic rings. The van der Waals surface area contributed by atoms with Crippen LogP contribution in [0.2, 0.25) is 0 Å². The van der Waals surface area contributed by atoms with Crippen LogP contribution in [0.4, 0.5) is 0 Å². The summed E-state index contributed by atoms with van der Waals surface area (Å²) >= 11 is 0. The summed E-state index contributed by atoms with van der Waals surface area (Å²) in [6.07, 6.45) is 15.2. The first-order valence-electron chi connectivity index (χ1n) is 11.6. The fraction of sp³-hybridized carbons (Fsp3) is 0.615. The van der Waals surface area contributed by atoms with E-state index in [2.05, 4.69) is 38.1 Å². The van der Waals surface area contributed by atoms with E-state index in [1.54, 1.807) is 0 Å². The van der Waals surface area contributed by atoms with E-state index in [-0.39, 0.29) is 0 Å². The Morgan fingerprint density at radius 2 is 1.18 bits per heavy atom. The van der Waals surface area contributed by atoms with Gasteiger partial charge in [0.1, 0.15) is 5.82 Å². The van der Waals surface area contributed by atoms with Crippen molar-refractivity contribution in [2.45, 2.75) is 85.0 Å². The molecule has 152 valence electrons. The monoisotopic (exact) mass is 378 g/mol. The van der Waals surface area contributed by atoms with E-state index in [1.807, 2.05) is 26.2 Å². The van der Waals surface area contributed by atoms with E-state index < -0.39 is 0 Å². The lowest BCUT2D eigenvalue weighted by molar-refractivity contribution is 0.163. The highest BCUT2D eigenvalue weighted by molar-refractivity contribution is 5.61. The van der Waals surface area contributed by atoms with Crippen LogP contribution in [0.15, 0.2) is 36.7 Å². The predicted octanol–water partition coefficient (Wildman–Crippen LogP) is 7.58. The molecule has 0 saturated heterocycles. The zero-order valence-corrected chi connectivity index (χ0v) is 18.3. The Balaban J connectivity index is 0.00000109. The summed E-state index contributed by atoms with van der Waals surface area (Å²) in [4.78, 5) is 9.48. The number of rotatable bonds is 3. The molecule has 2 heteroatoms. The van der Waals surface area contributed by atoms with Crippen LogP contribution in [-0.2, 0) is 0 Å². The Morgan fingerprint density at radius 3 is 1.71 bits per heavy atom. The molecule has 0 N–H and O–H groups in total. The molecule has 2 fully saturated rings. The number of hydrogen-bond acceptors (Lipinski definition) is 2. The summed E-state index contributed by atoms with van der Waals surface area (Å²) in [6, 6.07) is 8.61. The normalized spacial score (nSPS) is 27.6. The fourth-order valence-corrected chi connectivity index (χ4v) is 5.05. The maximum Gasteiger partial charge on any atom is 0.131 e. The maximum absolute atomic E-state index is 4.74. The molecule has 1 heterocycles. The number of aryl methyl sites for hydroxylation is 1. The number of nitrogens with zero attached hydrogens (tertiary/aromatic N) is 2. The molecule has 2 nitrogen and oxygen atoms in total. The highest BCUT2D eigenvalue weighted by atomic mass is 14.9. The van der Waals surface area contributed by atoms with E-state index in [4.69, 9.17) is 9.97 Å². The van der Waals surface area contributed by atoms with Crippen molar-refractivity contribution in [2.75, 3.05) is 0 Å². The molecule has 0 atom stereocenters. The minimum absolute atomic E-state index is 0.570. The molecule has 0 bridgehead atoms. The van der Waals surface area contributed by atoms with Gasteiger partial charge < -0.3 is 0 Å². The predicted molar refractivity (Wildman–Crippen MR) is 119 cm³/mol. The Bertz CT molecular complexity index is 688. The molecule has 0 radical (unpaired) electrons. The van der Waals surface area contributed by atoms with E-state index in [0.29, 0.717) is 5.92 Å². The Labute approximate surface area is 172 Å². The van der Waals surface area contributed by atoms with Gasteiger partial charge >= 0.3 is 0 Å². The fourth-order valence-electron chi connectivity index (χ4n) is 5.05. The molecule has 4 rings (SSSR count). The van der Waals surface area contributed by atoms with Gasteiger partial charge in [-0.25, -0.2) is 9.97 Å². The lowest BCUT2D eigenvalue weighted by atomic mass is 9.69. The first kappa shape index (κ1) is 21.0. The van der Waals surface area contributed by atoms with Crippen molar-refractivity contribution in [3.8, 4) is 11.1 Å². The molecule has 2 aliphatic carbocycles. The molecule has 28 heavy (non-hydrogen) atoms. The zero-order chi connectivity index (χ0) is 19.9. The van der Waals surface area contributed by atoms with Crippen molar-refractivity contribution < 1.29 is 0 Å². The second-order valence-corrected chi connectivity index (χ2v) is 8.83. The van der Waals surface area contributed by atoms with E-state index in [1.165, 1.54) is 62.5 Å². The first-order valence-corrected chi connectivity index (χ1v) is 11.6. The minimum atomic E-state index is 0.570. The molecular formula is C26H38N2. The molecule has 0 spiro atoms. The summed E-state index contributed by atoms with van der Waals surface area (Å²) in [6.45, 7) is 8.54. The molecule has 1 aromatic carbocycles. The van der Waals surface area contributed by atoms with Crippen LogP contribution >= 0.6 is 0 Å². The van der Waals surface area contributed by atoms with Gasteiger partial charge in [0.25, 0.3) is 0 Å². The Hall–Kier alpha value is -1.70. The molecule has 2 aliphatic rings. The van der Waals surface area contributed by atoms with Crippen LogP contribution in [-0.4, -0.2) is 9.97 Å². The van der Waals surface area contributed by atoms with Crippen LogP contribution in [0.5, 0.6) is 0 Å². The minimum Gasteiger partial charge on any atom is -0.240 e. The SMILES string of the molecule is CC.Cc1ccc(-c2cnc(C3CCC(C4CCC(C)CC4)CC3)nc2)cc1. The zero-order valence-electron chi connectivity index (χ0n) is 18.3. The van der Waals surface area contributed by atoms with Gasteiger partial charge in [-0.2, -0.15) is 0 Å². The molecule has 0 aliphatic heterocycles. The van der Waals surface area contributed by atoms with Crippen molar-refractivity contribution in [1.82, 2.24) is 9.97 Å². The van der Waals surface area contributed by atoms with Crippen molar-refractivity contribution >= 4 is 0 Å². The van der Waals surface area contributed by atoms with E-state index >= 15 is 0 Å². The number of hydrogen-bond donors (Lipinski definition) is 0. The second-order valence-electron chi connectivity index (χ2n) is 8.83. The lowest BCUT2D eigenvalue weighted by Gasteiger charge is -2.36. The van der Waals surface area contributed by atoms with Crippen molar-refractivity contribution in [2.24, 2.45) is 17.8 Å². The molecular weight excluding hydrogens is 340 g/mol. The third kappa shape index (κ3) is 5.21. The van der Waals surface area contributed by atoms with Crippen LogP contribution in [0.25, 0.3) is 11.1 Å². The standard InChI is InChI=1S/C24H32N2.C2H6/c1-17-3-7-19(8-4-17)20-11-13-22(14-12-20)24-25-15-23(16-26-24)21-9-5-18(2)6-10-21;1-2/h5-6,9-10,15-17,19-20,22H,3-4,7-8,11-14H2,1-2H3;1-2H3. The maximum atomic E-state index is 4.74. The van der Waals surface area contributed by atoms with Gasteiger partial charge in [0.05, 0.1) is 0 Å². The Morgan fingerprint density at radius 1 is 0.679 bits per heavy atom. The highest BCUT2D eigenvalue weighted by Crippen LogP contribution is 2.43. The van der Waals surface area contributed by atoms with Gasteiger partial charge in [-0.3, -0.25) is 0 Å². The summed E-state index contributed by atoms with van der Waals surface area (Å²) < 4.78 is 0. The van der Waals surface area contributed by atoms with Gasteiger partial charge in [0.15, 0.2) is 0 Å². The Kier molecular flexibility index (Phi) is 7.65. The summed E-state index contributed by atoms with van der Waals surface area (Å²) in [5.74, 6) is 4.56. The van der Waals surface area contributed by atoms with Gasteiger partial charge in [-0.1, -0.05) is 63.4 Å². The average Bonchev–Trinajstić information content (AvgIpc) is 2.77. The van der Waals surface area contributed by atoms with Crippen molar-refractivity contribution in [3.05, 3.63) is 48.0 Å². The van der Waals surface area contributed by atoms with Crippen LogP contribution in [0, 0.1) is 24.7 Å². The largest absolute Gasteiger partial charge is 0.240 e. The third-order valence-corrected chi connectivity index (χ3v) is 6.92.